The van der Waals surface area contributed by atoms with Gasteiger partial charge in [-0.3, -0.25) is 0 Å². The number of alkyl halides is 2. The van der Waals surface area contributed by atoms with Gasteiger partial charge in [0.15, 0.2) is 0 Å². The second-order valence-corrected chi connectivity index (χ2v) is 5.39. The smallest absolute Gasteiger partial charge is 0.338 e. The first-order chi connectivity index (χ1) is 10.0. The third-order valence-corrected chi connectivity index (χ3v) is 3.39. The fourth-order valence-corrected chi connectivity index (χ4v) is 2.43. The minimum absolute atomic E-state index is 0.148. The second kappa shape index (κ2) is 6.83. The molecule has 1 atom stereocenters. The molecule has 2 rings (SSSR count). The lowest BCUT2D eigenvalue weighted by atomic mass is 9.95. The summed E-state index contributed by atoms with van der Waals surface area (Å²) in [6.07, 6.45) is 0. The number of amides is 2. The number of halogens is 2. The Kier molecular flexibility index (Phi) is 5.09. The van der Waals surface area contributed by atoms with Crippen molar-refractivity contribution in [3.8, 4) is 0 Å². The molecule has 0 saturated heterocycles. The van der Waals surface area contributed by atoms with Crippen LogP contribution in [0.25, 0.3) is 0 Å². The van der Waals surface area contributed by atoms with Crippen molar-refractivity contribution in [3.63, 3.8) is 0 Å². The van der Waals surface area contributed by atoms with Crippen LogP contribution in [0.4, 0.5) is 4.79 Å². The van der Waals surface area contributed by atoms with E-state index in [1.54, 1.807) is 19.1 Å². The van der Waals surface area contributed by atoms with Crippen LogP contribution in [-0.2, 0) is 9.53 Å². The van der Waals surface area contributed by atoms with Gasteiger partial charge in [0.25, 0.3) is 0 Å². The minimum Gasteiger partial charge on any atom is -0.463 e. The molecule has 0 fully saturated rings. The van der Waals surface area contributed by atoms with Crippen molar-refractivity contribution in [2.75, 3.05) is 6.61 Å². The molecule has 112 valence electrons. The van der Waals surface area contributed by atoms with Gasteiger partial charge in [-0.25, -0.2) is 9.59 Å². The van der Waals surface area contributed by atoms with E-state index in [2.05, 4.69) is 10.6 Å². The number of hydrogen-bond donors (Lipinski definition) is 2. The van der Waals surface area contributed by atoms with Crippen molar-refractivity contribution < 1.29 is 14.3 Å². The number of ether oxygens (including phenoxy) is 1. The highest BCUT2D eigenvalue weighted by Gasteiger charge is 2.35. The molecule has 1 unspecified atom stereocenters. The molecule has 1 aliphatic heterocycles. The summed E-state index contributed by atoms with van der Waals surface area (Å²) in [4.78, 5) is 22.9. The van der Waals surface area contributed by atoms with Gasteiger partial charge in [0.05, 0.1) is 23.9 Å². The molecule has 5 nitrogen and oxygen atoms in total. The van der Waals surface area contributed by atoms with Crippen LogP contribution in [0.3, 0.4) is 0 Å². The topological polar surface area (TPSA) is 67.4 Å². The number of rotatable bonds is 4. The van der Waals surface area contributed by atoms with Gasteiger partial charge in [0.2, 0.25) is 0 Å². The zero-order valence-electron chi connectivity index (χ0n) is 11.2. The Balaban J connectivity index is 2.52. The third-order valence-electron chi connectivity index (χ3n) is 2.95. The first-order valence-electron chi connectivity index (χ1n) is 6.36. The monoisotopic (exact) mass is 328 g/mol. The van der Waals surface area contributed by atoms with Gasteiger partial charge in [0, 0.05) is 0 Å². The molecular weight excluding hydrogens is 315 g/mol. The molecule has 0 saturated carbocycles. The molecule has 0 aliphatic carbocycles. The van der Waals surface area contributed by atoms with E-state index in [9.17, 15) is 9.59 Å². The van der Waals surface area contributed by atoms with Crippen LogP contribution in [0.5, 0.6) is 0 Å². The van der Waals surface area contributed by atoms with Crippen molar-refractivity contribution in [2.45, 2.75) is 17.8 Å². The molecule has 2 amide bonds. The molecule has 0 spiro atoms. The van der Waals surface area contributed by atoms with Gasteiger partial charge >= 0.3 is 12.0 Å². The Labute approximate surface area is 132 Å². The predicted octanol–water partition coefficient (Wildman–Crippen LogP) is 2.66. The van der Waals surface area contributed by atoms with E-state index >= 15 is 0 Å². The van der Waals surface area contributed by atoms with E-state index in [4.69, 9.17) is 27.9 Å². The number of carbonyl (C=O) groups is 2. The summed E-state index contributed by atoms with van der Waals surface area (Å²) in [7, 11) is 0. The maximum atomic E-state index is 12.2. The number of esters is 1. The quantitative estimate of drug-likeness (QED) is 0.659. The summed E-state index contributed by atoms with van der Waals surface area (Å²) in [6.45, 7) is 1.91. The van der Waals surface area contributed by atoms with Gasteiger partial charge in [-0.2, -0.15) is 0 Å². The summed E-state index contributed by atoms with van der Waals surface area (Å²) in [5.74, 6) is -0.569. The van der Waals surface area contributed by atoms with Crippen molar-refractivity contribution in [1.29, 1.82) is 0 Å². The molecule has 1 heterocycles. The lowest BCUT2D eigenvalue weighted by molar-refractivity contribution is -0.139. The summed E-state index contributed by atoms with van der Waals surface area (Å²) in [5.41, 5.74) is 1.09. The molecule has 0 bridgehead atoms. The largest absolute Gasteiger partial charge is 0.463 e. The van der Waals surface area contributed by atoms with E-state index in [1.165, 1.54) is 0 Å². The van der Waals surface area contributed by atoms with Gasteiger partial charge in [-0.15, -0.1) is 0 Å². The molecule has 7 heteroatoms. The van der Waals surface area contributed by atoms with Crippen LogP contribution in [0.1, 0.15) is 18.5 Å². The second-order valence-electron chi connectivity index (χ2n) is 4.29. The third kappa shape index (κ3) is 3.49. The normalized spacial score (nSPS) is 18.3. The highest BCUT2D eigenvalue weighted by atomic mass is 35.5. The lowest BCUT2D eigenvalue weighted by Gasteiger charge is -2.29. The number of benzene rings is 1. The molecule has 0 radical (unpaired) electrons. The highest BCUT2D eigenvalue weighted by molar-refractivity contribution is 6.46. The lowest BCUT2D eigenvalue weighted by Crippen LogP contribution is -2.47. The molecule has 21 heavy (non-hydrogen) atoms. The average Bonchev–Trinajstić information content (AvgIpc) is 2.47. The Morgan fingerprint density at radius 3 is 2.57 bits per heavy atom. The summed E-state index contributed by atoms with van der Waals surface area (Å²) >= 11 is 11.7. The Morgan fingerprint density at radius 1 is 1.33 bits per heavy atom. The number of allylic oxidation sites excluding steroid dienone is 1. The van der Waals surface area contributed by atoms with Gasteiger partial charge in [-0.05, 0) is 12.5 Å². The first-order valence-corrected chi connectivity index (χ1v) is 7.23. The number of carbonyl (C=O) groups excluding carboxylic acids is 2. The van der Waals surface area contributed by atoms with Crippen molar-refractivity contribution >= 4 is 35.2 Å². The van der Waals surface area contributed by atoms with Gasteiger partial charge in [0.1, 0.15) is 4.84 Å². The maximum Gasteiger partial charge on any atom is 0.338 e. The zero-order chi connectivity index (χ0) is 15.4. The van der Waals surface area contributed by atoms with Crippen LogP contribution in [-0.4, -0.2) is 23.4 Å². The standard InChI is InChI=1S/C14H14Cl2N2O3/c1-2-21-13(19)9-10(8-6-4-3-5-7-8)17-14(20)18-11(9)12(15)16/h3-7,10,12H,2H2,1H3,(H2,17,18,20). The zero-order valence-corrected chi connectivity index (χ0v) is 12.7. The summed E-state index contributed by atoms with van der Waals surface area (Å²) < 4.78 is 5.04. The van der Waals surface area contributed by atoms with E-state index in [1.807, 2.05) is 18.2 Å². The van der Waals surface area contributed by atoms with Gasteiger partial charge < -0.3 is 15.4 Å². The summed E-state index contributed by atoms with van der Waals surface area (Å²) in [5, 5.41) is 5.15. The number of nitrogens with one attached hydrogen (secondary N) is 2. The fraction of sp³-hybridized carbons (Fsp3) is 0.286. The van der Waals surface area contributed by atoms with E-state index in [-0.39, 0.29) is 17.9 Å². The molecule has 1 aliphatic rings. The van der Waals surface area contributed by atoms with E-state index in [0.29, 0.717) is 0 Å². The average molecular weight is 329 g/mol. The Hall–Kier alpha value is -1.72. The maximum absolute atomic E-state index is 12.2. The molecule has 2 N–H and O–H groups in total. The highest BCUT2D eigenvalue weighted by Crippen LogP contribution is 2.31. The van der Waals surface area contributed by atoms with Crippen LogP contribution in [0, 0.1) is 0 Å². The van der Waals surface area contributed by atoms with Crippen LogP contribution in [0.15, 0.2) is 41.6 Å². The van der Waals surface area contributed by atoms with Crippen LogP contribution >= 0.6 is 23.2 Å². The summed E-state index contributed by atoms with van der Waals surface area (Å²) in [6, 6.07) is 7.92. The van der Waals surface area contributed by atoms with Gasteiger partial charge in [-0.1, -0.05) is 53.5 Å². The van der Waals surface area contributed by atoms with Crippen molar-refractivity contribution in [1.82, 2.24) is 10.6 Å². The van der Waals surface area contributed by atoms with Crippen LogP contribution in [0.2, 0.25) is 0 Å². The van der Waals surface area contributed by atoms with Crippen molar-refractivity contribution in [3.05, 3.63) is 47.2 Å². The fourth-order valence-electron chi connectivity index (χ4n) is 2.09. The molecule has 1 aromatic carbocycles. The Morgan fingerprint density at radius 2 is 2.00 bits per heavy atom. The van der Waals surface area contributed by atoms with E-state index < -0.39 is 22.9 Å². The predicted molar refractivity (Wildman–Crippen MR) is 80.0 cm³/mol. The Bertz CT molecular complexity index is 573. The minimum atomic E-state index is -1.04. The first kappa shape index (κ1) is 15.7. The molecule has 1 aromatic rings. The van der Waals surface area contributed by atoms with Crippen molar-refractivity contribution in [2.24, 2.45) is 0 Å². The van der Waals surface area contributed by atoms with E-state index in [0.717, 1.165) is 5.56 Å². The SMILES string of the molecule is CCOC(=O)C1=C(C(Cl)Cl)NC(=O)NC1c1ccccc1. The number of hydrogen-bond acceptors (Lipinski definition) is 3. The number of urea groups is 1. The van der Waals surface area contributed by atoms with Crippen LogP contribution < -0.4 is 10.6 Å². The molecular formula is C14H14Cl2N2O3. The molecule has 0 aromatic heterocycles.